The Balaban J connectivity index is 0.997. The minimum absolute atomic E-state index is 0.0923. The molecule has 0 amide bonds. The Labute approximate surface area is 468 Å². The van der Waals surface area contributed by atoms with Crippen molar-refractivity contribution in [1.82, 2.24) is 0 Å². The topological polar surface area (TPSA) is 37.4 Å². The van der Waals surface area contributed by atoms with E-state index in [-0.39, 0.29) is 20.1 Å². The average Bonchev–Trinajstić information content (AvgIpc) is 3.70. The van der Waals surface area contributed by atoms with Gasteiger partial charge in [-0.05, 0) is 191 Å². The Morgan fingerprint density at radius 1 is 0.210 bits per heavy atom. The summed E-state index contributed by atoms with van der Waals surface area (Å²) in [6.07, 6.45) is 0. The van der Waals surface area contributed by atoms with Gasteiger partial charge in [-0.15, -0.1) is 0 Å². The smallest absolute Gasteiger partial charge is 0.256 e. The molecule has 372 valence electrons. The Hall–Kier alpha value is -10.4. The molecule has 6 nitrogen and oxygen atoms in total. The summed E-state index contributed by atoms with van der Waals surface area (Å²) in [5.41, 5.74) is 20.8. The fraction of sp³-hybridized carbons (Fsp3) is 0. The number of anilines is 9. The van der Waals surface area contributed by atoms with Crippen molar-refractivity contribution in [3.8, 4) is 34.5 Å². The standard InChI is InChI=1S/C72H42B3N3O3/c1-4-19-43(20-5-1)76-58-28-16-34-67-70(58)73(52-25-10-13-31-64(52)79-67)55-37-46-49(40-61(55)76)47-38-56-63(78(45-23-8-3-9-24-45)59-29-17-35-68-71(59)74(56)53-26-11-14-32-65(53)80-68)42-51(47)48-39-57-62(41-50(46)48)77(44-21-6-2-7-22-44)60-30-18-36-69-72(60)75(57)54-27-12-15-33-66(54)81-69/h1-42H. The second kappa shape index (κ2) is 16.1. The number of para-hydroxylation sites is 6. The Morgan fingerprint density at radius 3 is 0.778 bits per heavy atom. The summed E-state index contributed by atoms with van der Waals surface area (Å²) < 4.78 is 20.6. The number of fused-ring (bicyclic) bond motifs is 18. The van der Waals surface area contributed by atoms with Crippen LogP contribution in [0.15, 0.2) is 255 Å². The van der Waals surface area contributed by atoms with Crippen LogP contribution in [0.4, 0.5) is 51.2 Å². The third kappa shape index (κ3) is 5.89. The van der Waals surface area contributed by atoms with E-state index in [1.54, 1.807) is 0 Å². The van der Waals surface area contributed by atoms with Gasteiger partial charge in [-0.3, -0.25) is 0 Å². The lowest BCUT2D eigenvalue weighted by atomic mass is 9.33. The molecule has 6 aliphatic rings. The number of hydrogen-bond donors (Lipinski definition) is 0. The van der Waals surface area contributed by atoms with Gasteiger partial charge in [0.2, 0.25) is 0 Å². The van der Waals surface area contributed by atoms with Crippen molar-refractivity contribution < 1.29 is 14.2 Å². The van der Waals surface area contributed by atoms with Crippen molar-refractivity contribution in [2.24, 2.45) is 0 Å². The predicted octanol–water partition coefficient (Wildman–Crippen LogP) is 12.4. The van der Waals surface area contributed by atoms with E-state index in [9.17, 15) is 0 Å². The monoisotopic (exact) mass is 1030 g/mol. The molecule has 0 N–H and O–H groups in total. The van der Waals surface area contributed by atoms with Gasteiger partial charge in [0.15, 0.2) is 0 Å². The van der Waals surface area contributed by atoms with Gasteiger partial charge in [0.05, 0.1) is 0 Å². The van der Waals surface area contributed by atoms with Crippen molar-refractivity contribution in [2.75, 3.05) is 14.7 Å². The molecule has 0 spiro atoms. The van der Waals surface area contributed by atoms with Crippen LogP contribution >= 0.6 is 0 Å². The molecule has 0 bridgehead atoms. The molecule has 0 saturated carbocycles. The van der Waals surface area contributed by atoms with Gasteiger partial charge in [0, 0.05) is 51.2 Å². The van der Waals surface area contributed by atoms with Crippen molar-refractivity contribution in [3.05, 3.63) is 255 Å². The molecule has 0 aromatic heterocycles. The molecule has 0 fully saturated rings. The predicted molar refractivity (Wildman–Crippen MR) is 337 cm³/mol. The van der Waals surface area contributed by atoms with E-state index in [0.29, 0.717) is 0 Å². The summed E-state index contributed by atoms with van der Waals surface area (Å²) in [6, 6.07) is 93.4. The number of benzene rings is 13. The normalized spacial score (nSPS) is 14.1. The van der Waals surface area contributed by atoms with E-state index in [2.05, 4.69) is 269 Å². The van der Waals surface area contributed by atoms with Crippen molar-refractivity contribution in [2.45, 2.75) is 0 Å². The van der Waals surface area contributed by atoms with E-state index in [1.165, 1.54) is 65.1 Å². The van der Waals surface area contributed by atoms with Gasteiger partial charge in [0.1, 0.15) is 34.5 Å². The van der Waals surface area contributed by atoms with E-state index in [0.717, 1.165) is 102 Å². The van der Waals surface area contributed by atoms with Gasteiger partial charge in [-0.1, -0.05) is 146 Å². The summed E-state index contributed by atoms with van der Waals surface area (Å²) in [7, 11) is 0. The number of nitrogens with zero attached hydrogens (tertiary/aromatic N) is 3. The summed E-state index contributed by atoms with van der Waals surface area (Å²) in [4.78, 5) is 7.43. The van der Waals surface area contributed by atoms with Gasteiger partial charge >= 0.3 is 0 Å². The molecule has 6 heterocycles. The molecule has 0 atom stereocenters. The third-order valence-electron chi connectivity index (χ3n) is 18.1. The molecule has 19 rings (SSSR count). The lowest BCUT2D eigenvalue weighted by Gasteiger charge is -2.41. The molecule has 13 aromatic carbocycles. The maximum atomic E-state index is 6.87. The molecule has 13 aromatic rings. The molecule has 9 heteroatoms. The lowest BCUT2D eigenvalue weighted by molar-refractivity contribution is 0.487. The van der Waals surface area contributed by atoms with Crippen LogP contribution in [0.1, 0.15) is 0 Å². The lowest BCUT2D eigenvalue weighted by Crippen LogP contribution is -2.59. The first kappa shape index (κ1) is 43.6. The molecule has 0 aliphatic carbocycles. The Kier molecular flexibility index (Phi) is 8.68. The molecule has 6 aliphatic heterocycles. The minimum Gasteiger partial charge on any atom is -0.458 e. The molecule has 0 saturated heterocycles. The zero-order valence-corrected chi connectivity index (χ0v) is 43.5. The van der Waals surface area contributed by atoms with Crippen LogP contribution in [0.2, 0.25) is 0 Å². The number of hydrogen-bond acceptors (Lipinski definition) is 6. The zero-order valence-electron chi connectivity index (χ0n) is 43.5. The average molecular weight is 1030 g/mol. The van der Waals surface area contributed by atoms with Crippen LogP contribution in [0.25, 0.3) is 32.3 Å². The van der Waals surface area contributed by atoms with Crippen molar-refractivity contribution in [3.63, 3.8) is 0 Å². The van der Waals surface area contributed by atoms with Crippen molar-refractivity contribution >= 4 is 153 Å². The zero-order chi connectivity index (χ0) is 52.6. The van der Waals surface area contributed by atoms with Gasteiger partial charge in [-0.25, -0.2) is 0 Å². The summed E-state index contributed by atoms with van der Waals surface area (Å²) in [5, 5.41) is 7.15. The van der Waals surface area contributed by atoms with Crippen LogP contribution in [-0.2, 0) is 0 Å². The first-order valence-electron chi connectivity index (χ1n) is 28.0. The second-order valence-electron chi connectivity index (χ2n) is 22.2. The van der Waals surface area contributed by atoms with Crippen LogP contribution in [0, 0.1) is 0 Å². The van der Waals surface area contributed by atoms with Crippen LogP contribution < -0.4 is 78.1 Å². The highest BCUT2D eigenvalue weighted by Gasteiger charge is 2.46. The van der Waals surface area contributed by atoms with Crippen LogP contribution in [0.5, 0.6) is 34.5 Å². The van der Waals surface area contributed by atoms with Crippen LogP contribution in [0.3, 0.4) is 0 Å². The van der Waals surface area contributed by atoms with Crippen molar-refractivity contribution in [1.29, 1.82) is 0 Å². The Morgan fingerprint density at radius 2 is 0.469 bits per heavy atom. The quantitative estimate of drug-likeness (QED) is 0.130. The maximum Gasteiger partial charge on any atom is 0.256 e. The summed E-state index contributed by atoms with van der Waals surface area (Å²) >= 11 is 0. The first-order chi connectivity index (χ1) is 40.2. The molecular weight excluding hydrogens is 987 g/mol. The van der Waals surface area contributed by atoms with E-state index in [4.69, 9.17) is 14.2 Å². The van der Waals surface area contributed by atoms with E-state index >= 15 is 0 Å². The van der Waals surface area contributed by atoms with Gasteiger partial charge < -0.3 is 28.9 Å². The van der Waals surface area contributed by atoms with E-state index < -0.39 is 0 Å². The molecule has 81 heavy (non-hydrogen) atoms. The summed E-state index contributed by atoms with van der Waals surface area (Å²) in [6.45, 7) is -0.277. The highest BCUT2D eigenvalue weighted by atomic mass is 16.5. The fourth-order valence-corrected chi connectivity index (χ4v) is 14.9. The van der Waals surface area contributed by atoms with Crippen LogP contribution in [-0.4, -0.2) is 20.1 Å². The van der Waals surface area contributed by atoms with Gasteiger partial charge in [0.25, 0.3) is 20.1 Å². The second-order valence-corrected chi connectivity index (χ2v) is 22.2. The van der Waals surface area contributed by atoms with E-state index in [1.807, 2.05) is 0 Å². The summed E-state index contributed by atoms with van der Waals surface area (Å²) in [5.74, 6) is 5.34. The first-order valence-corrected chi connectivity index (χ1v) is 28.0. The SMILES string of the molecule is c1ccc(N2c3cc4c(cc3B3c5ccccc5Oc5cccc2c53)c2cc3c(cc2c2cc5c(cc42)B2c4ccccc4Oc4cccc(c42)N5c2ccccc2)B2c4ccccc4Oc4cccc(c42)N3c2ccccc2)cc1. The number of ether oxygens (including phenoxy) is 3. The minimum atomic E-state index is -0.0923. The molecular formula is C72H42B3N3O3. The highest BCUT2D eigenvalue weighted by Crippen LogP contribution is 2.49. The molecule has 0 radical (unpaired) electrons. The Bertz CT molecular complexity index is 4400. The highest BCUT2D eigenvalue weighted by molar-refractivity contribution is 7.01. The molecule has 0 unspecified atom stereocenters. The third-order valence-corrected chi connectivity index (χ3v) is 18.1. The maximum absolute atomic E-state index is 6.87. The fourth-order valence-electron chi connectivity index (χ4n) is 14.9. The largest absolute Gasteiger partial charge is 0.458 e. The van der Waals surface area contributed by atoms with Gasteiger partial charge in [-0.2, -0.15) is 0 Å². The number of rotatable bonds is 3.